The number of benzene rings is 2. The zero-order valence-corrected chi connectivity index (χ0v) is 14.6. The summed E-state index contributed by atoms with van der Waals surface area (Å²) in [5, 5.41) is 17.4. The minimum atomic E-state index is -4.48. The van der Waals surface area contributed by atoms with Crippen LogP contribution in [0.1, 0.15) is 5.56 Å². The summed E-state index contributed by atoms with van der Waals surface area (Å²) in [6.07, 6.45) is -3.39. The molecule has 0 aliphatic heterocycles. The predicted octanol–water partition coefficient (Wildman–Crippen LogP) is 5.54. The third-order valence-corrected chi connectivity index (χ3v) is 3.80. The van der Waals surface area contributed by atoms with E-state index in [1.54, 1.807) is 24.3 Å². The molecule has 11 heteroatoms. The Bertz CT molecular complexity index is 1010. The number of nitrogens with zero attached hydrogens (tertiary/aromatic N) is 3. The number of nitrogens with one attached hydrogen (secondary N) is 2. The van der Waals surface area contributed by atoms with Gasteiger partial charge in [-0.25, -0.2) is 9.97 Å². The maximum absolute atomic E-state index is 12.7. The first kappa shape index (κ1) is 19.4. The summed E-state index contributed by atoms with van der Waals surface area (Å²) in [5.74, 6) is -0.277. The zero-order valence-electron chi connectivity index (χ0n) is 13.9. The van der Waals surface area contributed by atoms with Crippen LogP contribution in [0.5, 0.6) is 0 Å². The van der Waals surface area contributed by atoms with E-state index in [1.807, 2.05) is 0 Å². The lowest BCUT2D eigenvalue weighted by atomic mass is 10.2. The molecule has 0 radical (unpaired) electrons. The summed E-state index contributed by atoms with van der Waals surface area (Å²) in [5.41, 5.74) is -0.640. The molecule has 3 aromatic rings. The van der Waals surface area contributed by atoms with E-state index in [0.29, 0.717) is 10.7 Å². The van der Waals surface area contributed by atoms with Crippen molar-refractivity contribution in [2.45, 2.75) is 6.18 Å². The summed E-state index contributed by atoms with van der Waals surface area (Å²) in [4.78, 5) is 18.6. The highest BCUT2D eigenvalue weighted by molar-refractivity contribution is 6.30. The van der Waals surface area contributed by atoms with Gasteiger partial charge in [0.25, 0.3) is 0 Å². The number of alkyl halides is 3. The van der Waals surface area contributed by atoms with E-state index in [9.17, 15) is 23.3 Å². The molecule has 0 unspecified atom stereocenters. The highest BCUT2D eigenvalue weighted by atomic mass is 35.5. The molecule has 0 fully saturated rings. The van der Waals surface area contributed by atoms with Crippen molar-refractivity contribution in [2.75, 3.05) is 10.6 Å². The van der Waals surface area contributed by atoms with Crippen LogP contribution in [0.3, 0.4) is 0 Å². The van der Waals surface area contributed by atoms with Gasteiger partial charge in [-0.1, -0.05) is 17.7 Å². The van der Waals surface area contributed by atoms with Gasteiger partial charge in [-0.15, -0.1) is 0 Å². The summed E-state index contributed by atoms with van der Waals surface area (Å²) in [7, 11) is 0. The second-order valence-corrected chi connectivity index (χ2v) is 5.95. The fourth-order valence-corrected chi connectivity index (χ4v) is 2.51. The second-order valence-electron chi connectivity index (χ2n) is 5.51. The van der Waals surface area contributed by atoms with Gasteiger partial charge in [0.05, 0.1) is 10.5 Å². The highest BCUT2D eigenvalue weighted by Crippen LogP contribution is 2.34. The van der Waals surface area contributed by atoms with Gasteiger partial charge in [-0.05, 0) is 42.5 Å². The number of halogens is 4. The van der Waals surface area contributed by atoms with Crippen LogP contribution in [0.4, 0.5) is 41.9 Å². The molecule has 0 atom stereocenters. The van der Waals surface area contributed by atoms with Crippen LogP contribution in [0, 0.1) is 10.1 Å². The molecule has 7 nitrogen and oxygen atoms in total. The van der Waals surface area contributed by atoms with Crippen LogP contribution >= 0.6 is 11.6 Å². The smallest absolute Gasteiger partial charge is 0.334 e. The average Bonchev–Trinajstić information content (AvgIpc) is 2.61. The molecule has 0 amide bonds. The monoisotopic (exact) mass is 409 g/mol. The van der Waals surface area contributed by atoms with Gasteiger partial charge < -0.3 is 10.6 Å². The molecule has 0 aliphatic rings. The van der Waals surface area contributed by atoms with Crippen LogP contribution < -0.4 is 10.6 Å². The Morgan fingerprint density at radius 2 is 1.57 bits per heavy atom. The lowest BCUT2D eigenvalue weighted by molar-refractivity contribution is -0.383. The summed E-state index contributed by atoms with van der Waals surface area (Å²) in [6.45, 7) is 0. The van der Waals surface area contributed by atoms with E-state index in [2.05, 4.69) is 20.6 Å². The molecule has 0 saturated heterocycles. The normalized spacial score (nSPS) is 11.1. The Morgan fingerprint density at radius 3 is 2.11 bits per heavy atom. The van der Waals surface area contributed by atoms with Crippen molar-refractivity contribution in [1.82, 2.24) is 9.97 Å². The largest absolute Gasteiger partial charge is 0.416 e. The maximum atomic E-state index is 12.7. The van der Waals surface area contributed by atoms with Crippen LogP contribution in [0.25, 0.3) is 0 Å². The fraction of sp³-hybridized carbons (Fsp3) is 0.0588. The van der Waals surface area contributed by atoms with Gasteiger partial charge in [0.2, 0.25) is 11.6 Å². The number of hydrogen-bond acceptors (Lipinski definition) is 6. The quantitative estimate of drug-likeness (QED) is 0.424. The number of nitro groups is 1. The molecule has 0 bridgehead atoms. The minimum absolute atomic E-state index is 0.100. The lowest BCUT2D eigenvalue weighted by Crippen LogP contribution is -2.06. The van der Waals surface area contributed by atoms with Gasteiger partial charge in [0.15, 0.2) is 0 Å². The first-order chi connectivity index (χ1) is 13.2. The topological polar surface area (TPSA) is 93.0 Å². The van der Waals surface area contributed by atoms with Gasteiger partial charge >= 0.3 is 11.9 Å². The molecule has 0 spiro atoms. The van der Waals surface area contributed by atoms with E-state index in [1.165, 1.54) is 0 Å². The van der Waals surface area contributed by atoms with Gasteiger partial charge in [-0.2, -0.15) is 13.2 Å². The molecular formula is C17H11ClF3N5O2. The van der Waals surface area contributed by atoms with Gasteiger partial charge in [0.1, 0.15) is 6.33 Å². The number of hydrogen-bond donors (Lipinski definition) is 2. The third kappa shape index (κ3) is 4.46. The van der Waals surface area contributed by atoms with E-state index in [-0.39, 0.29) is 17.3 Å². The molecule has 1 aromatic heterocycles. The van der Waals surface area contributed by atoms with Crippen LogP contribution in [0.15, 0.2) is 54.9 Å². The van der Waals surface area contributed by atoms with Crippen molar-refractivity contribution in [3.63, 3.8) is 0 Å². The molecule has 3 rings (SSSR count). The maximum Gasteiger partial charge on any atom is 0.416 e. The van der Waals surface area contributed by atoms with Crippen LogP contribution in [-0.4, -0.2) is 14.9 Å². The first-order valence-corrected chi connectivity index (χ1v) is 8.08. The molecular weight excluding hydrogens is 399 g/mol. The van der Waals surface area contributed by atoms with Crippen molar-refractivity contribution in [3.05, 3.63) is 75.6 Å². The van der Waals surface area contributed by atoms with Crippen molar-refractivity contribution in [1.29, 1.82) is 0 Å². The van der Waals surface area contributed by atoms with Crippen molar-refractivity contribution < 1.29 is 18.1 Å². The SMILES string of the molecule is O=[N+]([O-])c1c(Nc2ccc(C(F)(F)F)cc2)ncnc1Nc1cccc(Cl)c1. The third-order valence-electron chi connectivity index (χ3n) is 3.57. The molecule has 144 valence electrons. The van der Waals surface area contributed by atoms with Crippen LogP contribution in [-0.2, 0) is 6.18 Å². The average molecular weight is 410 g/mol. The Hall–Kier alpha value is -3.40. The number of anilines is 4. The Morgan fingerprint density at radius 1 is 0.964 bits per heavy atom. The second kappa shape index (κ2) is 7.69. The molecule has 2 aromatic carbocycles. The van der Waals surface area contributed by atoms with E-state index in [0.717, 1.165) is 30.6 Å². The van der Waals surface area contributed by atoms with Gasteiger partial charge in [-0.3, -0.25) is 10.1 Å². The molecule has 0 aliphatic carbocycles. The van der Waals surface area contributed by atoms with Gasteiger partial charge in [0, 0.05) is 16.4 Å². The van der Waals surface area contributed by atoms with E-state index < -0.39 is 22.4 Å². The minimum Gasteiger partial charge on any atom is -0.334 e. The van der Waals surface area contributed by atoms with E-state index >= 15 is 0 Å². The molecule has 0 saturated carbocycles. The van der Waals surface area contributed by atoms with Crippen molar-refractivity contribution in [3.8, 4) is 0 Å². The number of aromatic nitrogens is 2. The van der Waals surface area contributed by atoms with Crippen molar-refractivity contribution >= 4 is 40.3 Å². The predicted molar refractivity (Wildman–Crippen MR) is 98.1 cm³/mol. The molecule has 28 heavy (non-hydrogen) atoms. The van der Waals surface area contributed by atoms with Crippen LogP contribution in [0.2, 0.25) is 5.02 Å². The lowest BCUT2D eigenvalue weighted by Gasteiger charge is -2.11. The molecule has 2 N–H and O–H groups in total. The standard InChI is InChI=1S/C17H11ClF3N5O2/c18-11-2-1-3-13(8-11)25-16-14(26(27)28)15(22-9-23-16)24-12-6-4-10(5-7-12)17(19,20)21/h1-9H,(H2,22,23,24,25). The summed E-state index contributed by atoms with van der Waals surface area (Å²) >= 11 is 5.90. The van der Waals surface area contributed by atoms with Crippen molar-refractivity contribution in [2.24, 2.45) is 0 Å². The Balaban J connectivity index is 1.92. The molecule has 1 heterocycles. The summed E-state index contributed by atoms with van der Waals surface area (Å²) < 4.78 is 38.0. The Labute approximate surface area is 161 Å². The summed E-state index contributed by atoms with van der Waals surface area (Å²) in [6, 6.07) is 10.5. The van der Waals surface area contributed by atoms with E-state index in [4.69, 9.17) is 11.6 Å². The Kier molecular flexibility index (Phi) is 5.32. The zero-order chi connectivity index (χ0) is 20.3. The number of rotatable bonds is 5. The fourth-order valence-electron chi connectivity index (χ4n) is 2.32. The highest BCUT2D eigenvalue weighted by Gasteiger charge is 2.30. The first-order valence-electron chi connectivity index (χ1n) is 7.70.